The van der Waals surface area contributed by atoms with Crippen LogP contribution in [0.4, 0.5) is 0 Å². The van der Waals surface area contributed by atoms with Crippen molar-refractivity contribution in [1.29, 1.82) is 0 Å². The highest BCUT2D eigenvalue weighted by Gasteiger charge is 2.33. The summed E-state index contributed by atoms with van der Waals surface area (Å²) in [5.41, 5.74) is -2.77. The minimum Gasteiger partial charge on any atom is -0.507 e. The van der Waals surface area contributed by atoms with Crippen LogP contribution in [0.1, 0.15) is 0 Å². The number of aromatic hydroxyl groups is 8. The molecule has 0 aliphatic carbocycles. The maximum atomic E-state index is 10.7. The molecule has 0 aliphatic rings. The second kappa shape index (κ2) is 6.48. The molecule has 166 valence electrons. The molecule has 0 amide bonds. The van der Waals surface area contributed by atoms with E-state index in [2.05, 4.69) is 0 Å². The fourth-order valence-corrected chi connectivity index (χ4v) is 5.04. The molecule has 2 aromatic heterocycles. The molecular formula is C18H10B2O12S. The third-order valence-electron chi connectivity index (χ3n) is 5.35. The molecule has 2 radical (unpaired) electrons. The van der Waals surface area contributed by atoms with Gasteiger partial charge in [-0.05, 0) is 5.46 Å². The van der Waals surface area contributed by atoms with E-state index in [1.54, 1.807) is 0 Å². The normalized spacial score (nSPS) is 11.8. The van der Waals surface area contributed by atoms with Crippen LogP contribution in [0.5, 0.6) is 46.0 Å². The Labute approximate surface area is 185 Å². The number of benzene rings is 3. The van der Waals surface area contributed by atoms with E-state index in [9.17, 15) is 50.9 Å². The van der Waals surface area contributed by atoms with E-state index < -0.39 is 86.0 Å². The maximum absolute atomic E-state index is 10.7. The minimum absolute atomic E-state index is 0.204. The van der Waals surface area contributed by atoms with Crippen molar-refractivity contribution in [3.63, 3.8) is 0 Å². The van der Waals surface area contributed by atoms with Gasteiger partial charge in [-0.1, -0.05) is 0 Å². The van der Waals surface area contributed by atoms with Gasteiger partial charge in [0.05, 0.1) is 25.6 Å². The first-order chi connectivity index (χ1) is 15.5. The molecule has 0 saturated heterocycles. The zero-order chi connectivity index (χ0) is 24.1. The van der Waals surface area contributed by atoms with E-state index >= 15 is 0 Å². The summed E-state index contributed by atoms with van der Waals surface area (Å²) in [4.78, 5) is 0. The van der Waals surface area contributed by atoms with Crippen LogP contribution in [0.15, 0.2) is 9.15 Å². The molecule has 0 spiro atoms. The van der Waals surface area contributed by atoms with Crippen molar-refractivity contribution >= 4 is 79.3 Å². The molecule has 2 heterocycles. The first kappa shape index (κ1) is 20.8. The quantitative estimate of drug-likeness (QED) is 0.0898. The smallest absolute Gasteiger partial charge is 0.496 e. The predicted molar refractivity (Wildman–Crippen MR) is 116 cm³/mol. The Kier molecular flexibility index (Phi) is 4.08. The second-order valence-corrected chi connectivity index (χ2v) is 8.10. The van der Waals surface area contributed by atoms with Crippen LogP contribution in [0.2, 0.25) is 0 Å². The molecule has 0 fully saturated rings. The molecule has 5 rings (SSSR count). The van der Waals surface area contributed by atoms with Crippen molar-refractivity contribution < 1.29 is 60.1 Å². The summed E-state index contributed by atoms with van der Waals surface area (Å²) in [6.07, 6.45) is 0. The van der Waals surface area contributed by atoms with Crippen LogP contribution in [0, 0.1) is 0 Å². The molecule has 12 nitrogen and oxygen atoms in total. The molecule has 0 atom stereocenters. The van der Waals surface area contributed by atoms with Gasteiger partial charge in [-0.3, -0.25) is 9.15 Å². The molecule has 10 N–H and O–H groups in total. The summed E-state index contributed by atoms with van der Waals surface area (Å²) in [6.45, 7) is 0. The van der Waals surface area contributed by atoms with Crippen LogP contribution < -0.4 is 10.9 Å². The molecule has 0 saturated carbocycles. The van der Waals surface area contributed by atoms with Crippen molar-refractivity contribution in [2.45, 2.75) is 0 Å². The summed E-state index contributed by atoms with van der Waals surface area (Å²) in [5.74, 6) is -7.95. The third-order valence-corrected chi connectivity index (χ3v) is 6.56. The summed E-state index contributed by atoms with van der Waals surface area (Å²) in [6, 6.07) is 0. The Morgan fingerprint density at radius 2 is 1.09 bits per heavy atom. The Morgan fingerprint density at radius 1 is 0.545 bits per heavy atom. The highest BCUT2D eigenvalue weighted by molar-refractivity contribution is 7.27. The SMILES string of the molecule is [B]c1c(O)c(O)c(O)c2c1ooc1c(O)c(B(O)O)c(O)c3sc4c(O)c(O)c(O)c2c4c13. The summed E-state index contributed by atoms with van der Waals surface area (Å²) >= 11 is 0.592. The largest absolute Gasteiger partial charge is 0.507 e. The van der Waals surface area contributed by atoms with Gasteiger partial charge in [0, 0.05) is 10.8 Å². The summed E-state index contributed by atoms with van der Waals surface area (Å²) < 4.78 is 9.82. The van der Waals surface area contributed by atoms with E-state index in [1.807, 2.05) is 0 Å². The highest BCUT2D eigenvalue weighted by atomic mass is 32.1. The first-order valence-electron chi connectivity index (χ1n) is 8.87. The van der Waals surface area contributed by atoms with Gasteiger partial charge in [0.1, 0.15) is 13.6 Å². The first-order valence-corrected chi connectivity index (χ1v) is 9.68. The number of hydrogen-bond donors (Lipinski definition) is 10. The molecule has 33 heavy (non-hydrogen) atoms. The van der Waals surface area contributed by atoms with Crippen molar-refractivity contribution in [3.05, 3.63) is 0 Å². The van der Waals surface area contributed by atoms with Crippen molar-refractivity contribution in [2.75, 3.05) is 0 Å². The number of hydrogen-bond acceptors (Lipinski definition) is 13. The van der Waals surface area contributed by atoms with Crippen LogP contribution in [-0.4, -0.2) is 65.9 Å². The van der Waals surface area contributed by atoms with Gasteiger partial charge >= 0.3 is 7.12 Å². The van der Waals surface area contributed by atoms with E-state index in [0.29, 0.717) is 11.3 Å². The predicted octanol–water partition coefficient (Wildman–Crippen LogP) is 0.227. The zero-order valence-corrected chi connectivity index (χ0v) is 16.7. The molecule has 0 unspecified atom stereocenters. The minimum atomic E-state index is -2.39. The van der Waals surface area contributed by atoms with Crippen molar-refractivity contribution in [3.8, 4) is 46.0 Å². The fraction of sp³-hybridized carbons (Fsp3) is 0. The van der Waals surface area contributed by atoms with Gasteiger partial charge in [0.15, 0.2) is 34.3 Å². The van der Waals surface area contributed by atoms with Crippen LogP contribution in [-0.2, 0) is 0 Å². The standard InChI is InChI=1S/C18H10B2O12S/c19-5-9(23)12(26)8(22)3-1-2-4-16(32-31-15(3)5)10(24)6(20(29)30)11(25)18(4)33-17(2)14(28)13(27)7(1)21/h21-30H. The molecule has 3 aromatic carbocycles. The summed E-state index contributed by atoms with van der Waals surface area (Å²) in [5, 5.41) is 101. The van der Waals surface area contributed by atoms with Crippen LogP contribution in [0.3, 0.4) is 0 Å². The average Bonchev–Trinajstić information content (AvgIpc) is 3.14. The third kappa shape index (κ3) is 2.37. The van der Waals surface area contributed by atoms with Gasteiger partial charge in [-0.25, -0.2) is 0 Å². The Balaban J connectivity index is 2.31. The van der Waals surface area contributed by atoms with Crippen LogP contribution in [0.25, 0.3) is 42.1 Å². The second-order valence-electron chi connectivity index (χ2n) is 7.08. The van der Waals surface area contributed by atoms with Crippen molar-refractivity contribution in [2.24, 2.45) is 0 Å². The fourth-order valence-electron chi connectivity index (χ4n) is 3.83. The number of rotatable bonds is 1. The lowest BCUT2D eigenvalue weighted by atomic mass is 9.78. The number of phenolic OH excluding ortho intramolecular Hbond substituents is 8. The molecular weight excluding hydrogens is 462 g/mol. The van der Waals surface area contributed by atoms with Crippen molar-refractivity contribution in [1.82, 2.24) is 0 Å². The number of phenols is 8. The average molecular weight is 472 g/mol. The number of fused-ring (bicyclic) bond motifs is 2. The monoisotopic (exact) mass is 472 g/mol. The van der Waals surface area contributed by atoms with Gasteiger partial charge in [0.25, 0.3) is 0 Å². The van der Waals surface area contributed by atoms with Gasteiger partial charge in [-0.2, -0.15) is 0 Å². The Bertz CT molecular complexity index is 1690. The Hall–Kier alpha value is -4.07. The zero-order valence-electron chi connectivity index (χ0n) is 15.9. The highest BCUT2D eigenvalue weighted by Crippen LogP contribution is 2.57. The van der Waals surface area contributed by atoms with Gasteiger partial charge in [-0.15, -0.1) is 11.3 Å². The maximum Gasteiger partial charge on any atom is 0.496 e. The van der Waals surface area contributed by atoms with E-state index in [0.717, 1.165) is 0 Å². The van der Waals surface area contributed by atoms with E-state index in [4.69, 9.17) is 17.0 Å². The molecule has 15 heteroatoms. The number of thiophene rings is 1. The molecule has 0 bridgehead atoms. The molecule has 5 aromatic rings. The molecule has 0 aliphatic heterocycles. The van der Waals surface area contributed by atoms with Crippen LogP contribution >= 0.6 is 11.3 Å². The van der Waals surface area contributed by atoms with Gasteiger partial charge < -0.3 is 50.9 Å². The lowest BCUT2D eigenvalue weighted by Gasteiger charge is -2.13. The topological polar surface area (TPSA) is 229 Å². The summed E-state index contributed by atoms with van der Waals surface area (Å²) in [7, 11) is 3.39. The van der Waals surface area contributed by atoms with E-state index in [1.165, 1.54) is 0 Å². The lowest BCUT2D eigenvalue weighted by Crippen LogP contribution is -2.30. The van der Waals surface area contributed by atoms with Gasteiger partial charge in [0.2, 0.25) is 17.1 Å². The van der Waals surface area contributed by atoms with E-state index in [-0.39, 0.29) is 20.2 Å². The Morgan fingerprint density at radius 3 is 1.73 bits per heavy atom. The lowest BCUT2D eigenvalue weighted by molar-refractivity contribution is 0.0898.